The highest BCUT2D eigenvalue weighted by Crippen LogP contribution is 2.39. The molecule has 0 aliphatic carbocycles. The average molecular weight is 304 g/mol. The number of rotatable bonds is 3. The van der Waals surface area contributed by atoms with Crippen LogP contribution in [-0.4, -0.2) is 18.6 Å². The van der Waals surface area contributed by atoms with Gasteiger partial charge in [-0.05, 0) is 37.5 Å². The predicted octanol–water partition coefficient (Wildman–Crippen LogP) is 4.03. The maximum absolute atomic E-state index is 6.15. The van der Waals surface area contributed by atoms with E-state index >= 15 is 0 Å². The van der Waals surface area contributed by atoms with Crippen molar-refractivity contribution < 1.29 is 4.74 Å². The third kappa shape index (κ3) is 2.44. The second-order valence-electron chi connectivity index (χ2n) is 4.56. The molecule has 1 aromatic rings. The summed E-state index contributed by atoms with van der Waals surface area (Å²) in [5, 5.41) is 0. The molecule has 0 N–H and O–H groups in total. The summed E-state index contributed by atoms with van der Waals surface area (Å²) in [6.45, 7) is 2.97. The van der Waals surface area contributed by atoms with Crippen molar-refractivity contribution in [1.29, 1.82) is 0 Å². The van der Waals surface area contributed by atoms with Crippen molar-refractivity contribution in [3.05, 3.63) is 34.3 Å². The molecule has 2 unspecified atom stereocenters. The van der Waals surface area contributed by atoms with E-state index < -0.39 is 0 Å². The van der Waals surface area contributed by atoms with Crippen LogP contribution in [0.25, 0.3) is 0 Å². The molecule has 2 rings (SSSR count). The van der Waals surface area contributed by atoms with Crippen molar-refractivity contribution in [1.82, 2.24) is 0 Å². The Morgan fingerprint density at radius 1 is 1.44 bits per heavy atom. The fourth-order valence-corrected chi connectivity index (χ4v) is 2.99. The van der Waals surface area contributed by atoms with E-state index in [0.717, 1.165) is 23.9 Å². The van der Waals surface area contributed by atoms with Gasteiger partial charge in [-0.2, -0.15) is 0 Å². The maximum atomic E-state index is 6.15. The zero-order valence-electron chi connectivity index (χ0n) is 9.38. The van der Waals surface area contributed by atoms with Crippen molar-refractivity contribution in [2.75, 3.05) is 12.5 Å². The minimum atomic E-state index is 0.120. The molecule has 1 nitrogen and oxygen atoms in total. The fourth-order valence-electron chi connectivity index (χ4n) is 2.28. The topological polar surface area (TPSA) is 9.23 Å². The van der Waals surface area contributed by atoms with Gasteiger partial charge in [-0.3, -0.25) is 0 Å². The summed E-state index contributed by atoms with van der Waals surface area (Å²) in [6, 6.07) is 8.47. The number of benzene rings is 1. The first-order chi connectivity index (χ1) is 7.66. The maximum Gasteiger partial charge on any atom is 0.0618 e. The van der Waals surface area contributed by atoms with Gasteiger partial charge in [-0.15, -0.1) is 11.6 Å². The Bertz CT molecular complexity index is 351. The summed E-state index contributed by atoms with van der Waals surface area (Å²) in [5.41, 5.74) is 1.45. The average Bonchev–Trinajstić information content (AvgIpc) is 2.64. The van der Waals surface area contributed by atoms with Gasteiger partial charge in [-0.1, -0.05) is 28.1 Å². The van der Waals surface area contributed by atoms with Crippen molar-refractivity contribution in [3.8, 4) is 0 Å². The largest absolute Gasteiger partial charge is 0.378 e. The van der Waals surface area contributed by atoms with Crippen molar-refractivity contribution in [2.45, 2.75) is 25.9 Å². The van der Waals surface area contributed by atoms with Crippen LogP contribution < -0.4 is 0 Å². The van der Waals surface area contributed by atoms with E-state index in [1.807, 2.05) is 0 Å². The molecule has 88 valence electrons. The van der Waals surface area contributed by atoms with Crippen molar-refractivity contribution >= 4 is 27.5 Å². The first-order valence-corrected chi connectivity index (χ1v) is 6.91. The Hall–Kier alpha value is -0.0500. The van der Waals surface area contributed by atoms with Gasteiger partial charge in [0, 0.05) is 22.4 Å². The van der Waals surface area contributed by atoms with Gasteiger partial charge < -0.3 is 4.74 Å². The molecule has 1 fully saturated rings. The molecule has 16 heavy (non-hydrogen) atoms. The molecular weight excluding hydrogens is 287 g/mol. The molecule has 0 amide bonds. The summed E-state index contributed by atoms with van der Waals surface area (Å²) >= 11 is 9.60. The van der Waals surface area contributed by atoms with Gasteiger partial charge in [0.25, 0.3) is 0 Å². The van der Waals surface area contributed by atoms with E-state index in [4.69, 9.17) is 16.3 Å². The number of halogens is 2. The third-order valence-electron chi connectivity index (χ3n) is 3.57. The van der Waals surface area contributed by atoms with E-state index in [0.29, 0.717) is 5.88 Å². The summed E-state index contributed by atoms with van der Waals surface area (Å²) in [4.78, 5) is 0. The monoisotopic (exact) mass is 302 g/mol. The normalized spacial score (nSPS) is 29.6. The lowest BCUT2D eigenvalue weighted by molar-refractivity contribution is 0.0735. The van der Waals surface area contributed by atoms with E-state index in [2.05, 4.69) is 47.1 Å². The van der Waals surface area contributed by atoms with Crippen LogP contribution >= 0.6 is 27.5 Å². The molecule has 1 aliphatic rings. The fraction of sp³-hybridized carbons (Fsp3) is 0.538. The molecule has 2 atom stereocenters. The minimum absolute atomic E-state index is 0.120. The van der Waals surface area contributed by atoms with Crippen molar-refractivity contribution in [3.63, 3.8) is 0 Å². The molecule has 0 aromatic heterocycles. The van der Waals surface area contributed by atoms with Crippen LogP contribution in [0.3, 0.4) is 0 Å². The van der Waals surface area contributed by atoms with Gasteiger partial charge >= 0.3 is 0 Å². The highest BCUT2D eigenvalue weighted by Gasteiger charge is 2.40. The lowest BCUT2D eigenvalue weighted by atomic mass is 9.78. The Kier molecular flexibility index (Phi) is 3.93. The second kappa shape index (κ2) is 5.07. The van der Waals surface area contributed by atoms with E-state index in [9.17, 15) is 0 Å². The first-order valence-electron chi connectivity index (χ1n) is 5.58. The highest BCUT2D eigenvalue weighted by molar-refractivity contribution is 9.10. The summed E-state index contributed by atoms with van der Waals surface area (Å²) in [7, 11) is 0. The Balaban J connectivity index is 2.15. The quantitative estimate of drug-likeness (QED) is 0.766. The molecule has 0 spiro atoms. The van der Waals surface area contributed by atoms with Crippen LogP contribution in [0.15, 0.2) is 28.7 Å². The number of hydrogen-bond acceptors (Lipinski definition) is 1. The molecule has 0 saturated carbocycles. The molecule has 0 bridgehead atoms. The Morgan fingerprint density at radius 3 is 2.62 bits per heavy atom. The summed E-state index contributed by atoms with van der Waals surface area (Å²) in [6.07, 6.45) is 2.33. The van der Waals surface area contributed by atoms with Crippen LogP contribution in [0, 0.1) is 5.41 Å². The van der Waals surface area contributed by atoms with Crippen LogP contribution in [0.4, 0.5) is 0 Å². The molecule has 0 radical (unpaired) electrons. The molecule has 1 aliphatic heterocycles. The number of hydrogen-bond donors (Lipinski definition) is 0. The lowest BCUT2D eigenvalue weighted by Crippen LogP contribution is -2.33. The number of ether oxygens (including phenoxy) is 1. The Labute approximate surface area is 110 Å². The van der Waals surface area contributed by atoms with E-state index in [-0.39, 0.29) is 11.5 Å². The molecule has 1 saturated heterocycles. The van der Waals surface area contributed by atoms with Crippen LogP contribution in [-0.2, 0) is 11.2 Å². The van der Waals surface area contributed by atoms with Crippen LogP contribution in [0.1, 0.15) is 18.9 Å². The third-order valence-corrected chi connectivity index (χ3v) is 4.63. The molecule has 1 heterocycles. The van der Waals surface area contributed by atoms with Gasteiger partial charge in [-0.25, -0.2) is 0 Å². The first kappa shape index (κ1) is 12.4. The zero-order valence-corrected chi connectivity index (χ0v) is 11.7. The van der Waals surface area contributed by atoms with Gasteiger partial charge in [0.05, 0.1) is 6.10 Å². The minimum Gasteiger partial charge on any atom is -0.378 e. The van der Waals surface area contributed by atoms with E-state index in [1.165, 1.54) is 5.56 Å². The second-order valence-corrected chi connectivity index (χ2v) is 5.75. The van der Waals surface area contributed by atoms with Crippen LogP contribution in [0.5, 0.6) is 0 Å². The van der Waals surface area contributed by atoms with Gasteiger partial charge in [0.2, 0.25) is 0 Å². The summed E-state index contributed by atoms with van der Waals surface area (Å²) < 4.78 is 6.78. The van der Waals surface area contributed by atoms with Gasteiger partial charge in [0.15, 0.2) is 0 Å². The zero-order chi connectivity index (χ0) is 11.6. The van der Waals surface area contributed by atoms with E-state index in [1.54, 1.807) is 0 Å². The van der Waals surface area contributed by atoms with Crippen LogP contribution in [0.2, 0.25) is 0 Å². The standard InChI is InChI=1S/C13H16BrClO/c1-10-13(9-15,6-7-16-10)8-11-2-4-12(14)5-3-11/h2-5,10H,6-9H2,1H3. The smallest absolute Gasteiger partial charge is 0.0618 e. The SMILES string of the molecule is CC1OCCC1(CCl)Cc1ccc(Br)cc1. The molecular formula is C13H16BrClO. The molecule has 1 aromatic carbocycles. The molecule has 3 heteroatoms. The number of alkyl halides is 1. The Morgan fingerprint density at radius 2 is 2.12 bits per heavy atom. The summed E-state index contributed by atoms with van der Waals surface area (Å²) in [5.74, 6) is 0.671. The van der Waals surface area contributed by atoms with Crippen molar-refractivity contribution in [2.24, 2.45) is 5.41 Å². The highest BCUT2D eigenvalue weighted by atomic mass is 79.9. The lowest BCUT2D eigenvalue weighted by Gasteiger charge is -2.30. The van der Waals surface area contributed by atoms with Gasteiger partial charge in [0.1, 0.15) is 0 Å². The predicted molar refractivity (Wildman–Crippen MR) is 71.0 cm³/mol.